The maximum atomic E-state index is 13.3. The number of para-hydroxylation sites is 2. The summed E-state index contributed by atoms with van der Waals surface area (Å²) < 4.78 is 47.2. The van der Waals surface area contributed by atoms with E-state index in [9.17, 15) is 13.2 Å². The summed E-state index contributed by atoms with van der Waals surface area (Å²) in [7, 11) is 1.56. The molecule has 0 atom stereocenters. The molecule has 2 aromatic carbocycles. The van der Waals surface area contributed by atoms with E-state index < -0.39 is 11.7 Å². The maximum Gasteiger partial charge on any atom is 0.416 e. The smallest absolute Gasteiger partial charge is 0.416 e. The number of pyridine rings is 1. The third-order valence-corrected chi connectivity index (χ3v) is 6.78. The number of anilines is 2. The van der Waals surface area contributed by atoms with Crippen LogP contribution in [-0.4, -0.2) is 27.7 Å². The van der Waals surface area contributed by atoms with Gasteiger partial charge in [0.15, 0.2) is 0 Å². The van der Waals surface area contributed by atoms with Gasteiger partial charge in [-0.25, -0.2) is 9.97 Å². The number of nitrogens with zero attached hydrogens (tertiary/aromatic N) is 4. The molecule has 1 fully saturated rings. The number of benzene rings is 3. The Balaban J connectivity index is 1.60. The van der Waals surface area contributed by atoms with E-state index in [-0.39, 0.29) is 6.04 Å². The van der Waals surface area contributed by atoms with E-state index in [4.69, 9.17) is 14.7 Å². The molecule has 3 aromatic rings. The van der Waals surface area contributed by atoms with Gasteiger partial charge in [-0.05, 0) is 79.9 Å². The molecule has 38 heavy (non-hydrogen) atoms. The Kier molecular flexibility index (Phi) is 5.98. The van der Waals surface area contributed by atoms with Crippen LogP contribution in [0.15, 0.2) is 84.0 Å². The van der Waals surface area contributed by atoms with Gasteiger partial charge in [0.2, 0.25) is 5.88 Å². The number of rotatable bonds is 5. The van der Waals surface area contributed by atoms with Gasteiger partial charge in [-0.1, -0.05) is 12.1 Å². The number of methoxy groups -OCH3 is 1. The molecule has 0 amide bonds. The normalized spacial score (nSPS) is 14.6. The van der Waals surface area contributed by atoms with Crippen molar-refractivity contribution in [2.45, 2.75) is 31.5 Å². The van der Waals surface area contributed by atoms with E-state index in [1.54, 1.807) is 13.3 Å². The molecule has 6 rings (SSSR count). The standard InChI is InChI=1S/C29H24F3N5O/c1-38-28-22(9-5-15-33-28)36-23-16-25-27(17-24(23)34-19-6-4-7-19)37(26-10-3-2-8-21(26)35-25)20-13-11-18(12-14-20)29(30,31)32/h2-3,5,8-17,19,36H,4,6-7H2,1H3/b34-24+. The number of halogens is 3. The van der Waals surface area contributed by atoms with E-state index in [0.29, 0.717) is 28.5 Å². The summed E-state index contributed by atoms with van der Waals surface area (Å²) >= 11 is 0. The van der Waals surface area contributed by atoms with Gasteiger partial charge in [0.1, 0.15) is 5.69 Å². The van der Waals surface area contributed by atoms with Crippen molar-refractivity contribution in [1.82, 2.24) is 14.5 Å². The molecular weight excluding hydrogens is 491 g/mol. The number of hydrogen-bond acceptors (Lipinski definition) is 5. The minimum Gasteiger partial charge on any atom is -0.480 e. The molecule has 2 aliphatic carbocycles. The summed E-state index contributed by atoms with van der Waals surface area (Å²) in [5.41, 5.74) is 4.26. The zero-order chi connectivity index (χ0) is 26.3. The van der Waals surface area contributed by atoms with Crippen molar-refractivity contribution in [3.05, 3.63) is 89.9 Å². The lowest BCUT2D eigenvalue weighted by Crippen LogP contribution is -2.22. The van der Waals surface area contributed by atoms with Crippen molar-refractivity contribution in [3.8, 4) is 23.0 Å². The molecule has 192 valence electrons. The summed E-state index contributed by atoms with van der Waals surface area (Å²) in [6, 6.07) is 20.6. The van der Waals surface area contributed by atoms with Crippen LogP contribution < -0.4 is 15.4 Å². The second-order valence-electron chi connectivity index (χ2n) is 9.24. The summed E-state index contributed by atoms with van der Waals surface area (Å²) in [5, 5.41) is 4.16. The van der Waals surface area contributed by atoms with Gasteiger partial charge in [0.25, 0.3) is 0 Å². The molecule has 2 heterocycles. The molecule has 6 nitrogen and oxygen atoms in total. The monoisotopic (exact) mass is 515 g/mol. The molecule has 0 spiro atoms. The van der Waals surface area contributed by atoms with E-state index >= 15 is 0 Å². The Bertz CT molecular complexity index is 1660. The average molecular weight is 516 g/mol. The second-order valence-corrected chi connectivity index (χ2v) is 9.24. The van der Waals surface area contributed by atoms with Crippen LogP contribution >= 0.6 is 0 Å². The van der Waals surface area contributed by atoms with Gasteiger partial charge < -0.3 is 14.6 Å². The Morgan fingerprint density at radius 2 is 1.76 bits per heavy atom. The Morgan fingerprint density at radius 1 is 0.974 bits per heavy atom. The third kappa shape index (κ3) is 4.44. The van der Waals surface area contributed by atoms with Crippen molar-refractivity contribution in [2.75, 3.05) is 12.4 Å². The lowest BCUT2D eigenvalue weighted by molar-refractivity contribution is -0.137. The van der Waals surface area contributed by atoms with Gasteiger partial charge >= 0.3 is 6.18 Å². The minimum atomic E-state index is -4.41. The molecule has 1 saturated carbocycles. The number of nitrogens with one attached hydrogen (secondary N) is 1. The average Bonchev–Trinajstić information content (AvgIpc) is 2.89. The van der Waals surface area contributed by atoms with E-state index in [1.165, 1.54) is 12.1 Å². The van der Waals surface area contributed by atoms with Gasteiger partial charge in [-0.2, -0.15) is 13.2 Å². The van der Waals surface area contributed by atoms with E-state index in [1.807, 2.05) is 53.1 Å². The lowest BCUT2D eigenvalue weighted by Gasteiger charge is -2.23. The minimum absolute atomic E-state index is 0.219. The van der Waals surface area contributed by atoms with Gasteiger partial charge in [-0.3, -0.25) is 4.99 Å². The lowest BCUT2D eigenvalue weighted by atomic mass is 9.94. The number of alkyl halides is 3. The van der Waals surface area contributed by atoms with Crippen LogP contribution in [0.25, 0.3) is 28.1 Å². The molecule has 0 radical (unpaired) electrons. The van der Waals surface area contributed by atoms with Crippen molar-refractivity contribution >= 4 is 22.4 Å². The van der Waals surface area contributed by atoms with Gasteiger partial charge in [0.05, 0.1) is 52.2 Å². The van der Waals surface area contributed by atoms with Crippen molar-refractivity contribution in [3.63, 3.8) is 0 Å². The first-order valence-corrected chi connectivity index (χ1v) is 12.3. The highest BCUT2D eigenvalue weighted by atomic mass is 19.4. The molecule has 0 saturated heterocycles. The molecule has 1 N–H and O–H groups in total. The van der Waals surface area contributed by atoms with Gasteiger partial charge in [0, 0.05) is 11.9 Å². The summed E-state index contributed by atoms with van der Waals surface area (Å²) in [6.07, 6.45) is 0.420. The fourth-order valence-electron chi connectivity index (χ4n) is 4.63. The van der Waals surface area contributed by atoms with Crippen molar-refractivity contribution < 1.29 is 17.9 Å². The first-order valence-electron chi connectivity index (χ1n) is 12.3. The van der Waals surface area contributed by atoms with Crippen LogP contribution in [0.5, 0.6) is 5.88 Å². The quantitative estimate of drug-likeness (QED) is 0.263. The molecule has 1 aliphatic heterocycles. The summed E-state index contributed by atoms with van der Waals surface area (Å²) in [6.45, 7) is 0. The molecule has 1 aromatic heterocycles. The maximum absolute atomic E-state index is 13.3. The van der Waals surface area contributed by atoms with E-state index in [2.05, 4.69) is 10.3 Å². The second kappa shape index (κ2) is 9.48. The topological polar surface area (TPSA) is 64.3 Å². The predicted molar refractivity (Wildman–Crippen MR) is 140 cm³/mol. The SMILES string of the molecule is COc1ncccc1Nc1cc2nc3ccccc3n(-c3ccc(C(F)(F)F)cc3)c-2c/c1=N\C1CCC1. The number of ether oxygens (including phenoxy) is 1. The first kappa shape index (κ1) is 24.0. The highest BCUT2D eigenvalue weighted by Crippen LogP contribution is 2.34. The van der Waals surface area contributed by atoms with Crippen molar-refractivity contribution in [1.29, 1.82) is 0 Å². The van der Waals surface area contributed by atoms with Crippen LogP contribution in [0.3, 0.4) is 0 Å². The summed E-state index contributed by atoms with van der Waals surface area (Å²) in [5.74, 6) is 0.452. The molecule has 0 bridgehead atoms. The predicted octanol–water partition coefficient (Wildman–Crippen LogP) is 6.75. The number of hydrogen-bond donors (Lipinski definition) is 1. The zero-order valence-electron chi connectivity index (χ0n) is 20.5. The molecule has 0 unspecified atom stereocenters. The largest absolute Gasteiger partial charge is 0.480 e. The Labute approximate surface area is 216 Å². The Hall–Kier alpha value is -4.40. The highest BCUT2D eigenvalue weighted by Gasteiger charge is 2.30. The van der Waals surface area contributed by atoms with Crippen LogP contribution in [-0.2, 0) is 6.18 Å². The van der Waals surface area contributed by atoms with Crippen LogP contribution in [0.2, 0.25) is 0 Å². The summed E-state index contributed by atoms with van der Waals surface area (Å²) in [4.78, 5) is 14.2. The van der Waals surface area contributed by atoms with E-state index in [0.717, 1.165) is 53.7 Å². The fourth-order valence-corrected chi connectivity index (χ4v) is 4.63. The molecule has 9 heteroatoms. The fraction of sp³-hybridized carbons (Fsp3) is 0.207. The van der Waals surface area contributed by atoms with Gasteiger partial charge in [-0.15, -0.1) is 0 Å². The number of aromatic nitrogens is 3. The zero-order valence-corrected chi connectivity index (χ0v) is 20.5. The molecular formula is C29H24F3N5O. The highest BCUT2D eigenvalue weighted by molar-refractivity contribution is 5.84. The van der Waals surface area contributed by atoms with Crippen LogP contribution in [0.4, 0.5) is 24.5 Å². The van der Waals surface area contributed by atoms with Crippen LogP contribution in [0.1, 0.15) is 24.8 Å². The molecule has 3 aliphatic rings. The first-order chi connectivity index (χ1) is 18.4. The number of fused-ring (bicyclic) bond motifs is 2. The third-order valence-electron chi connectivity index (χ3n) is 6.78. The van der Waals surface area contributed by atoms with Crippen molar-refractivity contribution in [2.24, 2.45) is 4.99 Å². The van der Waals surface area contributed by atoms with Crippen LogP contribution in [0, 0.1) is 0 Å². The Morgan fingerprint density at radius 3 is 2.47 bits per heavy atom.